The van der Waals surface area contributed by atoms with Gasteiger partial charge in [0.25, 0.3) is 0 Å². The Kier molecular flexibility index (Phi) is 7.56. The third-order valence-corrected chi connectivity index (χ3v) is 2.54. The topological polar surface area (TPSA) is 37.4 Å². The van der Waals surface area contributed by atoms with Crippen molar-refractivity contribution in [2.45, 2.75) is 32.6 Å². The van der Waals surface area contributed by atoms with E-state index in [1.54, 1.807) is 0 Å². The summed E-state index contributed by atoms with van der Waals surface area (Å²) in [6.45, 7) is 4.94. The lowest BCUT2D eigenvalue weighted by atomic mass is 9.93. The highest BCUT2D eigenvalue weighted by atomic mass is 16.2. The molecular formula is C10H19NO2. The lowest BCUT2D eigenvalue weighted by molar-refractivity contribution is -0.191. The van der Waals surface area contributed by atoms with Crippen molar-refractivity contribution in [3.63, 3.8) is 0 Å². The first-order valence-electron chi connectivity index (χ1n) is 4.92. The number of likely N-dealkylation sites (tertiary alicyclic amines) is 1. The van der Waals surface area contributed by atoms with Crippen LogP contribution in [0.2, 0.25) is 0 Å². The molecule has 3 heteroatoms. The van der Waals surface area contributed by atoms with Gasteiger partial charge in [0, 0.05) is 0 Å². The highest BCUT2D eigenvalue weighted by Crippen LogP contribution is 2.20. The Balaban J connectivity index is 0.000000424. The minimum absolute atomic E-state index is 0.250. The van der Waals surface area contributed by atoms with E-state index in [4.69, 9.17) is 9.59 Å². The minimum atomic E-state index is 0.250. The normalized spacial score (nSPS) is 18.6. The van der Waals surface area contributed by atoms with Gasteiger partial charge in [-0.2, -0.15) is 9.59 Å². The van der Waals surface area contributed by atoms with Crippen LogP contribution in [0.15, 0.2) is 0 Å². The molecule has 0 saturated carbocycles. The zero-order chi connectivity index (χ0) is 10.1. The zero-order valence-corrected chi connectivity index (χ0v) is 8.58. The Morgan fingerprint density at radius 1 is 1.31 bits per heavy atom. The first kappa shape index (κ1) is 12.3. The Bertz CT molecular complexity index is 145. The predicted octanol–water partition coefficient (Wildman–Crippen LogP) is 1.54. The van der Waals surface area contributed by atoms with Crippen molar-refractivity contribution in [3.05, 3.63) is 0 Å². The van der Waals surface area contributed by atoms with E-state index in [0.717, 1.165) is 5.92 Å². The van der Waals surface area contributed by atoms with E-state index < -0.39 is 0 Å². The van der Waals surface area contributed by atoms with E-state index in [0.29, 0.717) is 0 Å². The first-order valence-corrected chi connectivity index (χ1v) is 4.92. The number of nitrogens with zero attached hydrogens (tertiary/aromatic N) is 1. The predicted molar refractivity (Wildman–Crippen MR) is 50.1 cm³/mol. The van der Waals surface area contributed by atoms with E-state index in [1.165, 1.54) is 38.8 Å². The van der Waals surface area contributed by atoms with Crippen molar-refractivity contribution >= 4 is 6.15 Å². The van der Waals surface area contributed by atoms with Crippen LogP contribution in [0, 0.1) is 5.92 Å². The molecular weight excluding hydrogens is 166 g/mol. The average Bonchev–Trinajstić information content (AvgIpc) is 2.11. The van der Waals surface area contributed by atoms with Crippen molar-refractivity contribution in [2.75, 3.05) is 20.1 Å². The Morgan fingerprint density at radius 3 is 2.15 bits per heavy atom. The maximum Gasteiger partial charge on any atom is 0.373 e. The van der Waals surface area contributed by atoms with Crippen LogP contribution in [0.5, 0.6) is 0 Å². The molecule has 1 saturated heterocycles. The highest BCUT2D eigenvalue weighted by molar-refractivity contribution is 5.20. The molecule has 1 aliphatic heterocycles. The molecule has 0 aromatic rings. The van der Waals surface area contributed by atoms with Crippen molar-refractivity contribution < 1.29 is 9.59 Å². The van der Waals surface area contributed by atoms with Gasteiger partial charge in [-0.15, -0.1) is 0 Å². The summed E-state index contributed by atoms with van der Waals surface area (Å²) in [6.07, 6.45) is 5.94. The fraction of sp³-hybridized carbons (Fsp3) is 0.900. The third-order valence-electron chi connectivity index (χ3n) is 2.54. The molecule has 76 valence electrons. The Morgan fingerprint density at radius 2 is 1.77 bits per heavy atom. The Hall–Kier alpha value is -0.660. The van der Waals surface area contributed by atoms with Gasteiger partial charge in [-0.25, -0.2) is 0 Å². The fourth-order valence-electron chi connectivity index (χ4n) is 1.76. The number of carbonyl (C=O) groups excluding carboxylic acids is 2. The Labute approximate surface area is 80.1 Å². The molecule has 0 aromatic heterocycles. The molecule has 0 spiro atoms. The molecule has 1 heterocycles. The molecule has 0 aliphatic carbocycles. The SMILES string of the molecule is CCCC1CCN(C)CC1.O=C=O. The van der Waals surface area contributed by atoms with Crippen LogP contribution >= 0.6 is 0 Å². The van der Waals surface area contributed by atoms with Gasteiger partial charge < -0.3 is 4.90 Å². The molecule has 13 heavy (non-hydrogen) atoms. The van der Waals surface area contributed by atoms with Crippen molar-refractivity contribution in [1.29, 1.82) is 0 Å². The second-order valence-electron chi connectivity index (χ2n) is 3.62. The largest absolute Gasteiger partial charge is 0.373 e. The summed E-state index contributed by atoms with van der Waals surface area (Å²) in [4.78, 5) is 18.7. The maximum absolute atomic E-state index is 8.12. The van der Waals surface area contributed by atoms with Crippen LogP contribution in [-0.2, 0) is 9.59 Å². The molecule has 0 radical (unpaired) electrons. The molecule has 1 fully saturated rings. The van der Waals surface area contributed by atoms with Crippen LogP contribution in [0.1, 0.15) is 32.6 Å². The number of piperidine rings is 1. The molecule has 0 N–H and O–H groups in total. The summed E-state index contributed by atoms with van der Waals surface area (Å²) < 4.78 is 0. The maximum atomic E-state index is 8.12. The molecule has 0 unspecified atom stereocenters. The van der Waals surface area contributed by atoms with Crippen LogP contribution in [-0.4, -0.2) is 31.2 Å². The van der Waals surface area contributed by atoms with E-state index in [9.17, 15) is 0 Å². The number of rotatable bonds is 2. The summed E-state index contributed by atoms with van der Waals surface area (Å²) in [6, 6.07) is 0. The smallest absolute Gasteiger partial charge is 0.306 e. The molecule has 1 rings (SSSR count). The molecule has 3 nitrogen and oxygen atoms in total. The average molecular weight is 185 g/mol. The van der Waals surface area contributed by atoms with Gasteiger partial charge in [-0.05, 0) is 38.9 Å². The van der Waals surface area contributed by atoms with Crippen LogP contribution in [0.3, 0.4) is 0 Å². The van der Waals surface area contributed by atoms with E-state index in [1.807, 2.05) is 0 Å². The second kappa shape index (κ2) is 7.96. The van der Waals surface area contributed by atoms with E-state index >= 15 is 0 Å². The highest BCUT2D eigenvalue weighted by Gasteiger charge is 2.14. The zero-order valence-electron chi connectivity index (χ0n) is 8.58. The van der Waals surface area contributed by atoms with E-state index in [2.05, 4.69) is 18.9 Å². The quantitative estimate of drug-likeness (QED) is 0.655. The van der Waals surface area contributed by atoms with Crippen molar-refractivity contribution in [2.24, 2.45) is 5.92 Å². The first-order chi connectivity index (χ1) is 6.24. The second-order valence-corrected chi connectivity index (χ2v) is 3.62. The van der Waals surface area contributed by atoms with Gasteiger partial charge >= 0.3 is 6.15 Å². The van der Waals surface area contributed by atoms with Gasteiger partial charge in [0.05, 0.1) is 0 Å². The monoisotopic (exact) mass is 185 g/mol. The molecule has 0 bridgehead atoms. The van der Waals surface area contributed by atoms with Gasteiger partial charge in [0.15, 0.2) is 0 Å². The van der Waals surface area contributed by atoms with Gasteiger partial charge in [0.1, 0.15) is 0 Å². The standard InChI is InChI=1S/C9H19N.CO2/c1-3-4-9-5-7-10(2)8-6-9;2-1-3/h9H,3-8H2,1-2H3;. The summed E-state index contributed by atoms with van der Waals surface area (Å²) in [5.74, 6) is 1.04. The summed E-state index contributed by atoms with van der Waals surface area (Å²) in [5, 5.41) is 0. The fourth-order valence-corrected chi connectivity index (χ4v) is 1.76. The van der Waals surface area contributed by atoms with Crippen molar-refractivity contribution in [1.82, 2.24) is 4.90 Å². The van der Waals surface area contributed by atoms with Gasteiger partial charge in [0.2, 0.25) is 0 Å². The minimum Gasteiger partial charge on any atom is -0.306 e. The number of hydrogen-bond acceptors (Lipinski definition) is 3. The molecule has 1 aliphatic rings. The number of hydrogen-bond donors (Lipinski definition) is 0. The van der Waals surface area contributed by atoms with Crippen LogP contribution < -0.4 is 0 Å². The molecule has 0 amide bonds. The summed E-state index contributed by atoms with van der Waals surface area (Å²) >= 11 is 0. The lowest BCUT2D eigenvalue weighted by Crippen LogP contribution is -2.29. The lowest BCUT2D eigenvalue weighted by Gasteiger charge is -2.28. The van der Waals surface area contributed by atoms with Gasteiger partial charge in [-0.1, -0.05) is 19.8 Å². The molecule has 0 aromatic carbocycles. The van der Waals surface area contributed by atoms with Crippen LogP contribution in [0.4, 0.5) is 0 Å². The third kappa shape index (κ3) is 6.50. The van der Waals surface area contributed by atoms with Gasteiger partial charge in [-0.3, -0.25) is 0 Å². The van der Waals surface area contributed by atoms with E-state index in [-0.39, 0.29) is 6.15 Å². The summed E-state index contributed by atoms with van der Waals surface area (Å²) in [5.41, 5.74) is 0. The van der Waals surface area contributed by atoms with Crippen molar-refractivity contribution in [3.8, 4) is 0 Å². The van der Waals surface area contributed by atoms with Crippen LogP contribution in [0.25, 0.3) is 0 Å². The molecule has 0 atom stereocenters. The summed E-state index contributed by atoms with van der Waals surface area (Å²) in [7, 11) is 2.22.